The number of carboxylic acid groups (broad SMARTS) is 1. The van der Waals surface area contributed by atoms with E-state index in [0.717, 1.165) is 24.6 Å². The molecule has 2 rings (SSSR count). The number of amides is 1. The van der Waals surface area contributed by atoms with E-state index in [-0.39, 0.29) is 5.56 Å². The fraction of sp³-hybridized carbons (Fsp3) is 0.353. The van der Waals surface area contributed by atoms with Crippen LogP contribution in [0.1, 0.15) is 46.6 Å². The van der Waals surface area contributed by atoms with Gasteiger partial charge in [-0.25, -0.2) is 4.79 Å². The van der Waals surface area contributed by atoms with Crippen molar-refractivity contribution in [1.82, 2.24) is 15.1 Å². The second-order valence-electron chi connectivity index (χ2n) is 5.72. The van der Waals surface area contributed by atoms with Crippen LogP contribution in [-0.4, -0.2) is 26.8 Å². The van der Waals surface area contributed by atoms with Crippen molar-refractivity contribution < 1.29 is 27.9 Å². The summed E-state index contributed by atoms with van der Waals surface area (Å²) in [5, 5.41) is 15.7. The summed E-state index contributed by atoms with van der Waals surface area (Å²) in [5.74, 6) is -2.39. The second kappa shape index (κ2) is 7.59. The molecule has 1 aromatic heterocycles. The smallest absolute Gasteiger partial charge is 0.416 e. The van der Waals surface area contributed by atoms with E-state index in [2.05, 4.69) is 10.4 Å². The molecule has 1 amide bonds. The zero-order valence-electron chi connectivity index (χ0n) is 14.2. The molecule has 1 heterocycles. The van der Waals surface area contributed by atoms with Crippen molar-refractivity contribution in [3.63, 3.8) is 0 Å². The Balaban J connectivity index is 2.36. The molecule has 0 saturated carbocycles. The molecule has 1 unspecified atom stereocenters. The molecule has 0 aliphatic heterocycles. The van der Waals surface area contributed by atoms with Crippen LogP contribution in [0.4, 0.5) is 13.2 Å². The second-order valence-corrected chi connectivity index (χ2v) is 5.72. The zero-order valence-corrected chi connectivity index (χ0v) is 14.2. The minimum Gasteiger partial charge on any atom is -0.479 e. The Labute approximate surface area is 147 Å². The molecule has 0 fully saturated rings. The maximum absolute atomic E-state index is 13.2. The van der Waals surface area contributed by atoms with Gasteiger partial charge in [-0.2, -0.15) is 18.3 Å². The third-order valence-corrected chi connectivity index (χ3v) is 3.74. The van der Waals surface area contributed by atoms with Crippen LogP contribution in [0.5, 0.6) is 0 Å². The predicted octanol–water partition coefficient (Wildman–Crippen LogP) is 3.18. The lowest BCUT2D eigenvalue weighted by Crippen LogP contribution is -2.35. The highest BCUT2D eigenvalue weighted by Gasteiger charge is 2.37. The Morgan fingerprint density at radius 1 is 1.31 bits per heavy atom. The van der Waals surface area contributed by atoms with Gasteiger partial charge in [-0.3, -0.25) is 9.48 Å². The van der Waals surface area contributed by atoms with E-state index in [9.17, 15) is 27.9 Å². The molecule has 0 radical (unpaired) electrons. The van der Waals surface area contributed by atoms with E-state index in [1.807, 2.05) is 6.92 Å². The lowest BCUT2D eigenvalue weighted by molar-refractivity contribution is -0.142. The first-order valence-electron chi connectivity index (χ1n) is 7.89. The Bertz CT molecular complexity index is 815. The Morgan fingerprint density at radius 2 is 1.96 bits per heavy atom. The summed E-state index contributed by atoms with van der Waals surface area (Å²) in [6.07, 6.45) is -2.52. The number of nitrogens with zero attached hydrogens (tertiary/aromatic N) is 2. The van der Waals surface area contributed by atoms with E-state index >= 15 is 0 Å². The summed E-state index contributed by atoms with van der Waals surface area (Å²) in [7, 11) is 0. The highest BCUT2D eigenvalue weighted by Crippen LogP contribution is 2.34. The van der Waals surface area contributed by atoms with Crippen molar-refractivity contribution in [2.45, 2.75) is 39.0 Å². The normalized spacial score (nSPS) is 12.7. The Kier molecular flexibility index (Phi) is 5.69. The minimum atomic E-state index is -4.74. The monoisotopic (exact) mass is 369 g/mol. The Hall–Kier alpha value is -2.84. The molecule has 0 spiro atoms. The number of rotatable bonds is 6. The molecule has 0 aliphatic carbocycles. The van der Waals surface area contributed by atoms with Gasteiger partial charge in [-0.05, 0) is 25.0 Å². The summed E-state index contributed by atoms with van der Waals surface area (Å²) < 4.78 is 41.0. The molecule has 2 aromatic rings. The van der Waals surface area contributed by atoms with Gasteiger partial charge in [-0.15, -0.1) is 0 Å². The molecule has 140 valence electrons. The number of aryl methyl sites for hydroxylation is 2. The van der Waals surface area contributed by atoms with Gasteiger partial charge in [0.15, 0.2) is 6.04 Å². The number of halogens is 3. The third-order valence-electron chi connectivity index (χ3n) is 3.74. The van der Waals surface area contributed by atoms with Crippen LogP contribution in [0.25, 0.3) is 0 Å². The van der Waals surface area contributed by atoms with Gasteiger partial charge in [0.05, 0.1) is 16.8 Å². The number of hydrogen-bond donors (Lipinski definition) is 2. The highest BCUT2D eigenvalue weighted by molar-refractivity contribution is 5.97. The number of nitrogens with one attached hydrogen (secondary N) is 1. The van der Waals surface area contributed by atoms with E-state index < -0.39 is 35.2 Å². The maximum atomic E-state index is 13.2. The molecule has 0 saturated heterocycles. The zero-order chi connectivity index (χ0) is 19.5. The molecule has 1 aromatic carbocycles. The number of carbonyl (C=O) groups excluding carboxylic acids is 1. The number of aliphatic carboxylic acids is 1. The molecule has 2 N–H and O–H groups in total. The molecule has 0 bridgehead atoms. The van der Waals surface area contributed by atoms with Crippen molar-refractivity contribution >= 4 is 11.9 Å². The lowest BCUT2D eigenvalue weighted by Gasteiger charge is -2.19. The molecule has 6 nitrogen and oxygen atoms in total. The summed E-state index contributed by atoms with van der Waals surface area (Å²) in [4.78, 5) is 24.0. The van der Waals surface area contributed by atoms with Crippen LogP contribution in [0.2, 0.25) is 0 Å². The first kappa shape index (κ1) is 19.5. The first-order chi connectivity index (χ1) is 12.1. The largest absolute Gasteiger partial charge is 0.479 e. The molecular formula is C17H18F3N3O3. The van der Waals surface area contributed by atoms with Gasteiger partial charge in [0.1, 0.15) is 0 Å². The van der Waals surface area contributed by atoms with Gasteiger partial charge < -0.3 is 10.4 Å². The summed E-state index contributed by atoms with van der Waals surface area (Å²) in [6.45, 7) is 4.05. The summed E-state index contributed by atoms with van der Waals surface area (Å²) in [5.41, 5.74) is -1.15. The minimum absolute atomic E-state index is 0.120. The number of hydrogen-bond acceptors (Lipinski definition) is 3. The Morgan fingerprint density at radius 3 is 2.54 bits per heavy atom. The standard InChI is InChI=1S/C17H18F3N3O3/c1-3-8-23-9-12(10(2)22-23)15(24)21-14(16(25)26)11-6-4-5-7-13(11)17(18,19)20/h4-7,9,14H,3,8H2,1-2H3,(H,21,24)(H,25,26). The molecule has 1 atom stereocenters. The summed E-state index contributed by atoms with van der Waals surface area (Å²) >= 11 is 0. The van der Waals surface area contributed by atoms with E-state index in [1.165, 1.54) is 16.9 Å². The van der Waals surface area contributed by atoms with Crippen molar-refractivity contribution in [3.05, 3.63) is 52.8 Å². The number of aromatic nitrogens is 2. The fourth-order valence-electron chi connectivity index (χ4n) is 2.57. The van der Waals surface area contributed by atoms with Crippen LogP contribution < -0.4 is 5.32 Å². The molecular weight excluding hydrogens is 351 g/mol. The molecule has 26 heavy (non-hydrogen) atoms. The number of carbonyl (C=O) groups is 2. The third kappa shape index (κ3) is 4.22. The number of carboxylic acids is 1. The van der Waals surface area contributed by atoms with Crippen molar-refractivity contribution in [3.8, 4) is 0 Å². The van der Waals surface area contributed by atoms with E-state index in [1.54, 1.807) is 6.92 Å². The van der Waals surface area contributed by atoms with Crippen LogP contribution in [0.15, 0.2) is 30.5 Å². The van der Waals surface area contributed by atoms with Crippen LogP contribution in [-0.2, 0) is 17.5 Å². The fourth-order valence-corrected chi connectivity index (χ4v) is 2.57. The van der Waals surface area contributed by atoms with Gasteiger partial charge in [0.25, 0.3) is 5.91 Å². The highest BCUT2D eigenvalue weighted by atomic mass is 19.4. The predicted molar refractivity (Wildman–Crippen MR) is 86.5 cm³/mol. The lowest BCUT2D eigenvalue weighted by atomic mass is 9.99. The number of alkyl halides is 3. The van der Waals surface area contributed by atoms with Crippen molar-refractivity contribution in [2.24, 2.45) is 0 Å². The van der Waals surface area contributed by atoms with Crippen LogP contribution in [0, 0.1) is 6.92 Å². The van der Waals surface area contributed by atoms with Gasteiger partial charge in [-0.1, -0.05) is 25.1 Å². The topological polar surface area (TPSA) is 84.2 Å². The van der Waals surface area contributed by atoms with Crippen molar-refractivity contribution in [1.29, 1.82) is 0 Å². The summed E-state index contributed by atoms with van der Waals surface area (Å²) in [6, 6.07) is 2.43. The van der Waals surface area contributed by atoms with Gasteiger partial charge in [0, 0.05) is 12.7 Å². The SMILES string of the molecule is CCCn1cc(C(=O)NC(C(=O)O)c2ccccc2C(F)(F)F)c(C)n1. The molecule has 9 heteroatoms. The average Bonchev–Trinajstić information content (AvgIpc) is 2.92. The quantitative estimate of drug-likeness (QED) is 0.819. The molecule has 0 aliphatic rings. The number of benzene rings is 1. The van der Waals surface area contributed by atoms with E-state index in [0.29, 0.717) is 12.2 Å². The van der Waals surface area contributed by atoms with Gasteiger partial charge in [0.2, 0.25) is 0 Å². The van der Waals surface area contributed by atoms with Gasteiger partial charge >= 0.3 is 12.1 Å². The van der Waals surface area contributed by atoms with Crippen LogP contribution >= 0.6 is 0 Å². The first-order valence-corrected chi connectivity index (χ1v) is 7.89. The van der Waals surface area contributed by atoms with Crippen LogP contribution in [0.3, 0.4) is 0 Å². The maximum Gasteiger partial charge on any atom is 0.416 e. The van der Waals surface area contributed by atoms with Crippen molar-refractivity contribution in [2.75, 3.05) is 0 Å². The van der Waals surface area contributed by atoms with E-state index in [4.69, 9.17) is 0 Å². The average molecular weight is 369 g/mol.